The second kappa shape index (κ2) is 7.28. The summed E-state index contributed by atoms with van der Waals surface area (Å²) < 4.78 is 4.99. The van der Waals surface area contributed by atoms with Gasteiger partial charge in [0.2, 0.25) is 5.91 Å². The molecule has 0 saturated carbocycles. The van der Waals surface area contributed by atoms with Crippen LogP contribution in [0.4, 0.5) is 4.79 Å². The van der Waals surface area contributed by atoms with E-state index in [1.807, 2.05) is 18.2 Å². The molecule has 0 aliphatic carbocycles. The maximum absolute atomic E-state index is 11.7. The third-order valence-corrected chi connectivity index (χ3v) is 2.60. The van der Waals surface area contributed by atoms with Crippen LogP contribution in [0.1, 0.15) is 19.4 Å². The standard InChI is InChI=1S/C14H18N2O5/c1-14(2,12(19)15-8-11(17)18)16-13(20)21-9-10-6-4-3-5-7-10/h3-7H,8-9H2,1-2H3,(H,15,19)(H,16,20)(H,17,18). The first-order chi connectivity index (χ1) is 9.81. The van der Waals surface area contributed by atoms with Crippen LogP contribution in [0.3, 0.4) is 0 Å². The van der Waals surface area contributed by atoms with Crippen LogP contribution in [0.2, 0.25) is 0 Å². The number of carboxylic acids is 1. The summed E-state index contributed by atoms with van der Waals surface area (Å²) >= 11 is 0. The van der Waals surface area contributed by atoms with Crippen LogP contribution in [0.25, 0.3) is 0 Å². The zero-order valence-electron chi connectivity index (χ0n) is 11.9. The number of amides is 2. The van der Waals surface area contributed by atoms with Crippen molar-refractivity contribution in [2.24, 2.45) is 0 Å². The van der Waals surface area contributed by atoms with Gasteiger partial charge >= 0.3 is 12.1 Å². The molecular formula is C14H18N2O5. The number of hydrogen-bond acceptors (Lipinski definition) is 4. The van der Waals surface area contributed by atoms with Crippen molar-refractivity contribution in [3.63, 3.8) is 0 Å². The Morgan fingerprint density at radius 3 is 2.38 bits per heavy atom. The molecule has 1 aromatic carbocycles. The molecule has 0 radical (unpaired) electrons. The molecule has 7 nitrogen and oxygen atoms in total. The molecule has 0 aliphatic heterocycles. The van der Waals surface area contributed by atoms with E-state index < -0.39 is 30.1 Å². The van der Waals surface area contributed by atoms with Crippen molar-refractivity contribution in [2.45, 2.75) is 26.0 Å². The van der Waals surface area contributed by atoms with Crippen molar-refractivity contribution in [2.75, 3.05) is 6.54 Å². The molecule has 0 unspecified atom stereocenters. The second-order valence-electron chi connectivity index (χ2n) is 4.89. The number of benzene rings is 1. The number of nitrogens with one attached hydrogen (secondary N) is 2. The van der Waals surface area contributed by atoms with Crippen molar-refractivity contribution in [1.82, 2.24) is 10.6 Å². The highest BCUT2D eigenvalue weighted by atomic mass is 16.5. The van der Waals surface area contributed by atoms with E-state index >= 15 is 0 Å². The topological polar surface area (TPSA) is 105 Å². The fraction of sp³-hybridized carbons (Fsp3) is 0.357. The molecular weight excluding hydrogens is 276 g/mol. The highest BCUT2D eigenvalue weighted by molar-refractivity contribution is 5.90. The zero-order valence-corrected chi connectivity index (χ0v) is 11.9. The lowest BCUT2D eigenvalue weighted by Gasteiger charge is -2.24. The van der Waals surface area contributed by atoms with Crippen molar-refractivity contribution in [3.8, 4) is 0 Å². The Labute approximate surface area is 122 Å². The smallest absolute Gasteiger partial charge is 0.408 e. The number of hydrogen-bond donors (Lipinski definition) is 3. The van der Waals surface area contributed by atoms with Gasteiger partial charge in [0.25, 0.3) is 0 Å². The van der Waals surface area contributed by atoms with E-state index in [2.05, 4.69) is 10.6 Å². The highest BCUT2D eigenvalue weighted by Gasteiger charge is 2.30. The fourth-order valence-corrected chi connectivity index (χ4v) is 1.45. The minimum Gasteiger partial charge on any atom is -0.480 e. The second-order valence-corrected chi connectivity index (χ2v) is 4.89. The molecule has 0 saturated heterocycles. The first-order valence-electron chi connectivity index (χ1n) is 6.30. The number of rotatable bonds is 6. The summed E-state index contributed by atoms with van der Waals surface area (Å²) in [5, 5.41) is 13.1. The maximum Gasteiger partial charge on any atom is 0.408 e. The first-order valence-corrected chi connectivity index (χ1v) is 6.30. The SMILES string of the molecule is CC(C)(NC(=O)OCc1ccccc1)C(=O)NCC(=O)O. The Bertz CT molecular complexity index is 513. The first kappa shape index (κ1) is 16.5. The van der Waals surface area contributed by atoms with Gasteiger partial charge in [0.15, 0.2) is 0 Å². The van der Waals surface area contributed by atoms with Gasteiger partial charge in [-0.15, -0.1) is 0 Å². The Kier molecular flexibility index (Phi) is 5.71. The van der Waals surface area contributed by atoms with Crippen LogP contribution in [0, 0.1) is 0 Å². The molecule has 0 atom stereocenters. The molecule has 0 heterocycles. The molecule has 0 bridgehead atoms. The molecule has 0 spiro atoms. The summed E-state index contributed by atoms with van der Waals surface area (Å²) in [6.45, 7) is 2.48. The normalized spacial score (nSPS) is 10.6. The largest absolute Gasteiger partial charge is 0.480 e. The summed E-state index contributed by atoms with van der Waals surface area (Å²) in [5.41, 5.74) is -0.454. The van der Waals surface area contributed by atoms with E-state index in [1.54, 1.807) is 12.1 Å². The Morgan fingerprint density at radius 2 is 1.81 bits per heavy atom. The highest BCUT2D eigenvalue weighted by Crippen LogP contribution is 2.05. The predicted molar refractivity (Wildman–Crippen MR) is 74.5 cm³/mol. The van der Waals surface area contributed by atoms with E-state index in [1.165, 1.54) is 13.8 Å². The molecule has 0 aliphatic rings. The molecule has 0 fully saturated rings. The fourth-order valence-electron chi connectivity index (χ4n) is 1.45. The summed E-state index contributed by atoms with van der Waals surface area (Å²) in [5.74, 6) is -1.77. The van der Waals surface area contributed by atoms with Crippen LogP contribution >= 0.6 is 0 Å². The van der Waals surface area contributed by atoms with E-state index in [-0.39, 0.29) is 6.61 Å². The molecule has 7 heteroatoms. The van der Waals surface area contributed by atoms with Crippen LogP contribution < -0.4 is 10.6 Å². The zero-order chi connectivity index (χ0) is 15.9. The van der Waals surface area contributed by atoms with E-state index in [4.69, 9.17) is 9.84 Å². The molecule has 1 rings (SSSR count). The lowest BCUT2D eigenvalue weighted by molar-refractivity contribution is -0.138. The van der Waals surface area contributed by atoms with Crippen molar-refractivity contribution >= 4 is 18.0 Å². The third-order valence-electron chi connectivity index (χ3n) is 2.60. The Balaban J connectivity index is 2.44. The number of carbonyl (C=O) groups excluding carboxylic acids is 2. The summed E-state index contributed by atoms with van der Waals surface area (Å²) in [4.78, 5) is 33.8. The number of carboxylic acid groups (broad SMARTS) is 1. The average Bonchev–Trinajstić information content (AvgIpc) is 2.43. The van der Waals surface area contributed by atoms with E-state index in [0.717, 1.165) is 5.56 Å². The minimum absolute atomic E-state index is 0.0828. The summed E-state index contributed by atoms with van der Waals surface area (Å²) in [6.07, 6.45) is -0.755. The van der Waals surface area contributed by atoms with Crippen molar-refractivity contribution < 1.29 is 24.2 Å². The molecule has 21 heavy (non-hydrogen) atoms. The monoisotopic (exact) mass is 294 g/mol. The predicted octanol–water partition coefficient (Wildman–Crippen LogP) is 0.892. The molecule has 114 valence electrons. The van der Waals surface area contributed by atoms with Gasteiger partial charge in [-0.3, -0.25) is 9.59 Å². The van der Waals surface area contributed by atoms with Gasteiger partial charge < -0.3 is 20.5 Å². The number of ether oxygens (including phenoxy) is 1. The minimum atomic E-state index is -1.27. The van der Waals surface area contributed by atoms with Gasteiger partial charge in [0.05, 0.1) is 0 Å². The van der Waals surface area contributed by atoms with Crippen LogP contribution in [0.5, 0.6) is 0 Å². The van der Waals surface area contributed by atoms with E-state index in [9.17, 15) is 14.4 Å². The Hall–Kier alpha value is -2.57. The van der Waals surface area contributed by atoms with Gasteiger partial charge in [0, 0.05) is 0 Å². The van der Waals surface area contributed by atoms with Gasteiger partial charge in [-0.25, -0.2) is 4.79 Å². The number of alkyl carbamates (subject to hydrolysis) is 1. The lowest BCUT2D eigenvalue weighted by atomic mass is 10.1. The van der Waals surface area contributed by atoms with Gasteiger partial charge in [0.1, 0.15) is 18.7 Å². The molecule has 0 aromatic heterocycles. The summed E-state index contributed by atoms with van der Waals surface area (Å²) in [6, 6.07) is 9.09. The molecule has 1 aromatic rings. The summed E-state index contributed by atoms with van der Waals surface area (Å²) in [7, 11) is 0. The van der Waals surface area contributed by atoms with Gasteiger partial charge in [-0.1, -0.05) is 30.3 Å². The van der Waals surface area contributed by atoms with Crippen LogP contribution in [-0.4, -0.2) is 35.2 Å². The van der Waals surface area contributed by atoms with Gasteiger partial charge in [-0.2, -0.15) is 0 Å². The van der Waals surface area contributed by atoms with Crippen molar-refractivity contribution in [1.29, 1.82) is 0 Å². The maximum atomic E-state index is 11.7. The van der Waals surface area contributed by atoms with Crippen LogP contribution in [-0.2, 0) is 20.9 Å². The third kappa shape index (κ3) is 5.94. The van der Waals surface area contributed by atoms with Crippen LogP contribution in [0.15, 0.2) is 30.3 Å². The van der Waals surface area contributed by atoms with Gasteiger partial charge in [-0.05, 0) is 19.4 Å². The molecule has 3 N–H and O–H groups in total. The molecule has 2 amide bonds. The Morgan fingerprint density at radius 1 is 1.19 bits per heavy atom. The van der Waals surface area contributed by atoms with E-state index in [0.29, 0.717) is 0 Å². The quantitative estimate of drug-likeness (QED) is 0.722. The lowest BCUT2D eigenvalue weighted by Crippen LogP contribution is -2.55. The number of aliphatic carboxylic acids is 1. The van der Waals surface area contributed by atoms with Crippen molar-refractivity contribution in [3.05, 3.63) is 35.9 Å². The number of carbonyl (C=O) groups is 3. The average molecular weight is 294 g/mol.